The molecule has 25 heavy (non-hydrogen) atoms. The summed E-state index contributed by atoms with van der Waals surface area (Å²) in [6, 6.07) is 5.35. The number of anilines is 1. The summed E-state index contributed by atoms with van der Waals surface area (Å²) < 4.78 is 0. The van der Waals surface area contributed by atoms with Crippen molar-refractivity contribution in [2.24, 2.45) is 5.92 Å². The SMILES string of the molecule is CNC(=O)c1ccc(NCCCCC2CCN(C(=O)O)CC2)cc1Cl. The van der Waals surface area contributed by atoms with Gasteiger partial charge < -0.3 is 20.6 Å². The van der Waals surface area contributed by atoms with Crippen LogP contribution >= 0.6 is 11.6 Å². The number of piperidine rings is 1. The highest BCUT2D eigenvalue weighted by Gasteiger charge is 2.21. The lowest BCUT2D eigenvalue weighted by molar-refractivity contribution is 0.0963. The highest BCUT2D eigenvalue weighted by molar-refractivity contribution is 6.34. The van der Waals surface area contributed by atoms with Crippen LogP contribution in [0.1, 0.15) is 42.5 Å². The number of halogens is 1. The number of rotatable bonds is 7. The van der Waals surface area contributed by atoms with E-state index in [1.54, 1.807) is 19.2 Å². The standard InChI is InChI=1S/C18H26ClN3O3/c1-20-17(23)15-6-5-14(12-16(15)19)21-9-3-2-4-13-7-10-22(11-8-13)18(24)25/h5-6,12-13,21H,2-4,7-11H2,1H3,(H,20,23)(H,24,25). The number of carbonyl (C=O) groups is 2. The lowest BCUT2D eigenvalue weighted by atomic mass is 9.92. The van der Waals surface area contributed by atoms with E-state index >= 15 is 0 Å². The van der Waals surface area contributed by atoms with Crippen molar-refractivity contribution in [1.82, 2.24) is 10.2 Å². The molecule has 1 aliphatic rings. The number of nitrogens with zero attached hydrogens (tertiary/aromatic N) is 1. The molecule has 2 amide bonds. The molecular weight excluding hydrogens is 342 g/mol. The Morgan fingerprint density at radius 2 is 2.00 bits per heavy atom. The van der Waals surface area contributed by atoms with Crippen LogP contribution < -0.4 is 10.6 Å². The lowest BCUT2D eigenvalue weighted by Gasteiger charge is -2.29. The zero-order chi connectivity index (χ0) is 18.2. The van der Waals surface area contributed by atoms with Crippen LogP contribution in [0.15, 0.2) is 18.2 Å². The third-order valence-electron chi connectivity index (χ3n) is 4.69. The second-order valence-corrected chi connectivity index (χ2v) is 6.82. The Kier molecular flexibility index (Phi) is 7.37. The first kappa shape index (κ1) is 19.4. The largest absolute Gasteiger partial charge is 0.465 e. The van der Waals surface area contributed by atoms with Crippen molar-refractivity contribution in [2.45, 2.75) is 32.1 Å². The number of hydrogen-bond donors (Lipinski definition) is 3. The first-order valence-corrected chi connectivity index (χ1v) is 9.12. The van der Waals surface area contributed by atoms with Crippen molar-refractivity contribution in [2.75, 3.05) is 32.0 Å². The van der Waals surface area contributed by atoms with E-state index in [0.717, 1.165) is 44.3 Å². The van der Waals surface area contributed by atoms with Crippen LogP contribution in [0, 0.1) is 5.92 Å². The quantitative estimate of drug-likeness (QED) is 0.642. The molecule has 2 rings (SSSR count). The zero-order valence-electron chi connectivity index (χ0n) is 14.6. The van der Waals surface area contributed by atoms with Gasteiger partial charge in [0.1, 0.15) is 0 Å². The maximum Gasteiger partial charge on any atom is 0.407 e. The van der Waals surface area contributed by atoms with Crippen LogP contribution in [-0.4, -0.2) is 48.7 Å². The molecule has 7 heteroatoms. The van der Waals surface area contributed by atoms with Crippen LogP contribution in [0.3, 0.4) is 0 Å². The van der Waals surface area contributed by atoms with Crippen molar-refractivity contribution in [3.63, 3.8) is 0 Å². The van der Waals surface area contributed by atoms with Crippen molar-refractivity contribution in [3.05, 3.63) is 28.8 Å². The number of carboxylic acid groups (broad SMARTS) is 1. The smallest absolute Gasteiger partial charge is 0.407 e. The number of carbonyl (C=O) groups excluding carboxylic acids is 1. The van der Waals surface area contributed by atoms with E-state index in [1.807, 2.05) is 6.07 Å². The van der Waals surface area contributed by atoms with E-state index in [2.05, 4.69) is 10.6 Å². The average molecular weight is 368 g/mol. The molecule has 1 aromatic rings. The molecule has 1 aliphatic heterocycles. The number of amides is 2. The fourth-order valence-electron chi connectivity index (χ4n) is 3.15. The summed E-state index contributed by atoms with van der Waals surface area (Å²) in [5, 5.41) is 15.3. The Morgan fingerprint density at radius 3 is 2.60 bits per heavy atom. The van der Waals surface area contributed by atoms with E-state index in [-0.39, 0.29) is 5.91 Å². The van der Waals surface area contributed by atoms with Gasteiger partial charge in [-0.3, -0.25) is 4.79 Å². The Morgan fingerprint density at radius 1 is 1.28 bits per heavy atom. The molecule has 1 aromatic carbocycles. The van der Waals surface area contributed by atoms with Crippen molar-refractivity contribution >= 4 is 29.3 Å². The maximum absolute atomic E-state index is 11.6. The van der Waals surface area contributed by atoms with Gasteiger partial charge in [0.15, 0.2) is 0 Å². The molecule has 0 spiro atoms. The van der Waals surface area contributed by atoms with Crippen LogP contribution in [0.25, 0.3) is 0 Å². The van der Waals surface area contributed by atoms with Gasteiger partial charge in [-0.2, -0.15) is 0 Å². The monoisotopic (exact) mass is 367 g/mol. The molecule has 1 saturated heterocycles. The van der Waals surface area contributed by atoms with Gasteiger partial charge >= 0.3 is 6.09 Å². The molecule has 6 nitrogen and oxygen atoms in total. The maximum atomic E-state index is 11.6. The molecule has 0 aromatic heterocycles. The van der Waals surface area contributed by atoms with Gasteiger partial charge in [0.05, 0.1) is 10.6 Å². The Bertz CT molecular complexity index is 601. The van der Waals surface area contributed by atoms with E-state index < -0.39 is 6.09 Å². The zero-order valence-corrected chi connectivity index (χ0v) is 15.3. The normalized spacial score (nSPS) is 15.0. The average Bonchev–Trinajstić information content (AvgIpc) is 2.61. The molecule has 0 aliphatic carbocycles. The molecule has 0 bridgehead atoms. The van der Waals surface area contributed by atoms with Gasteiger partial charge in [0, 0.05) is 32.4 Å². The van der Waals surface area contributed by atoms with Gasteiger partial charge in [0.25, 0.3) is 5.91 Å². The van der Waals surface area contributed by atoms with Crippen LogP contribution in [0.4, 0.5) is 10.5 Å². The second kappa shape index (κ2) is 9.51. The van der Waals surface area contributed by atoms with Gasteiger partial charge in [0.2, 0.25) is 0 Å². The molecule has 3 N–H and O–H groups in total. The highest BCUT2D eigenvalue weighted by atomic mass is 35.5. The summed E-state index contributed by atoms with van der Waals surface area (Å²) in [6.45, 7) is 2.17. The minimum Gasteiger partial charge on any atom is -0.465 e. The minimum atomic E-state index is -0.802. The van der Waals surface area contributed by atoms with E-state index in [9.17, 15) is 9.59 Å². The Balaban J connectivity index is 1.64. The topological polar surface area (TPSA) is 81.7 Å². The number of nitrogens with one attached hydrogen (secondary N) is 2. The number of likely N-dealkylation sites (tertiary alicyclic amines) is 1. The van der Waals surface area contributed by atoms with Gasteiger partial charge in [-0.05, 0) is 43.4 Å². The summed E-state index contributed by atoms with van der Waals surface area (Å²) in [5.41, 5.74) is 1.38. The lowest BCUT2D eigenvalue weighted by Crippen LogP contribution is -2.37. The summed E-state index contributed by atoms with van der Waals surface area (Å²) in [4.78, 5) is 24.0. The van der Waals surface area contributed by atoms with E-state index in [4.69, 9.17) is 16.7 Å². The Hall–Kier alpha value is -1.95. The second-order valence-electron chi connectivity index (χ2n) is 6.41. The fourth-order valence-corrected chi connectivity index (χ4v) is 3.41. The summed E-state index contributed by atoms with van der Waals surface area (Å²) >= 11 is 6.13. The number of hydrogen-bond acceptors (Lipinski definition) is 3. The van der Waals surface area contributed by atoms with Gasteiger partial charge in [-0.1, -0.05) is 24.4 Å². The van der Waals surface area contributed by atoms with Crippen LogP contribution in [0.2, 0.25) is 5.02 Å². The molecule has 138 valence electrons. The molecular formula is C18H26ClN3O3. The van der Waals surface area contributed by atoms with Gasteiger partial charge in [-0.15, -0.1) is 0 Å². The molecule has 1 heterocycles. The van der Waals surface area contributed by atoms with Crippen molar-refractivity contribution in [3.8, 4) is 0 Å². The predicted octanol–water partition coefficient (Wildman–Crippen LogP) is 3.67. The highest BCUT2D eigenvalue weighted by Crippen LogP contribution is 2.23. The summed E-state index contributed by atoms with van der Waals surface area (Å²) in [6.07, 6.45) is 4.45. The van der Waals surface area contributed by atoms with Crippen LogP contribution in [-0.2, 0) is 0 Å². The molecule has 0 saturated carbocycles. The number of benzene rings is 1. The fraction of sp³-hybridized carbons (Fsp3) is 0.556. The molecule has 0 unspecified atom stereocenters. The minimum absolute atomic E-state index is 0.189. The third kappa shape index (κ3) is 5.81. The predicted molar refractivity (Wildman–Crippen MR) is 99.5 cm³/mol. The van der Waals surface area contributed by atoms with E-state index in [0.29, 0.717) is 29.6 Å². The Labute approximate surface area is 153 Å². The van der Waals surface area contributed by atoms with Gasteiger partial charge in [-0.25, -0.2) is 4.79 Å². The molecule has 0 radical (unpaired) electrons. The number of unbranched alkanes of at least 4 members (excludes halogenated alkanes) is 1. The van der Waals surface area contributed by atoms with Crippen molar-refractivity contribution < 1.29 is 14.7 Å². The summed E-state index contributed by atoms with van der Waals surface area (Å²) in [7, 11) is 1.58. The first-order chi connectivity index (χ1) is 12.0. The third-order valence-corrected chi connectivity index (χ3v) is 5.01. The van der Waals surface area contributed by atoms with Crippen molar-refractivity contribution in [1.29, 1.82) is 0 Å². The molecule has 0 atom stereocenters. The van der Waals surface area contributed by atoms with Crippen LogP contribution in [0.5, 0.6) is 0 Å². The first-order valence-electron chi connectivity index (χ1n) is 8.74. The summed E-state index contributed by atoms with van der Waals surface area (Å²) in [5.74, 6) is 0.447. The molecule has 1 fully saturated rings. The van der Waals surface area contributed by atoms with E-state index in [1.165, 1.54) is 4.90 Å².